The predicted octanol–water partition coefficient (Wildman–Crippen LogP) is 1.77. The summed E-state index contributed by atoms with van der Waals surface area (Å²) in [4.78, 5) is 12.7. The van der Waals surface area contributed by atoms with E-state index in [4.69, 9.17) is 10.4 Å². The Kier molecular flexibility index (Phi) is 5.83. The maximum absolute atomic E-state index is 10.5. The molecule has 0 saturated heterocycles. The summed E-state index contributed by atoms with van der Waals surface area (Å²) < 4.78 is 0. The summed E-state index contributed by atoms with van der Waals surface area (Å²) in [5, 5.41) is 20.3. The van der Waals surface area contributed by atoms with Crippen molar-refractivity contribution in [3.63, 3.8) is 0 Å². The van der Waals surface area contributed by atoms with E-state index in [0.717, 1.165) is 24.3 Å². The highest BCUT2D eigenvalue weighted by Gasteiger charge is 2.11. The molecule has 1 aromatic rings. The molecular weight excluding hydrogens is 242 g/mol. The summed E-state index contributed by atoms with van der Waals surface area (Å²) in [6.07, 6.45) is 0. The highest BCUT2D eigenvalue weighted by Crippen LogP contribution is 2.18. The first-order valence-corrected chi connectivity index (χ1v) is 6.32. The molecule has 19 heavy (non-hydrogen) atoms. The van der Waals surface area contributed by atoms with Crippen LogP contribution in [0.3, 0.4) is 0 Å². The molecule has 0 saturated carbocycles. The average molecular weight is 261 g/mol. The Morgan fingerprint density at radius 2 is 1.95 bits per heavy atom. The fourth-order valence-electron chi connectivity index (χ4n) is 1.89. The number of carbonyl (C=O) groups is 1. The highest BCUT2D eigenvalue weighted by atomic mass is 16.4. The van der Waals surface area contributed by atoms with Crippen molar-refractivity contribution >= 4 is 11.7 Å². The second kappa shape index (κ2) is 7.39. The Bertz CT molecular complexity index is 447. The monoisotopic (exact) mass is 261 g/mol. The van der Waals surface area contributed by atoms with E-state index in [9.17, 15) is 4.79 Å². The van der Waals surface area contributed by atoms with E-state index in [1.54, 1.807) is 0 Å². The lowest BCUT2D eigenvalue weighted by Crippen LogP contribution is -2.26. The molecule has 0 fully saturated rings. The van der Waals surface area contributed by atoms with E-state index in [1.165, 1.54) is 0 Å². The molecule has 5 nitrogen and oxygen atoms in total. The molecule has 5 heteroatoms. The molecule has 1 aromatic carbocycles. The molecule has 1 atom stereocenters. The molecule has 1 rings (SSSR count). The van der Waals surface area contributed by atoms with Crippen molar-refractivity contribution in [3.05, 3.63) is 29.8 Å². The van der Waals surface area contributed by atoms with Crippen LogP contribution in [0, 0.1) is 11.3 Å². The van der Waals surface area contributed by atoms with Crippen LogP contribution < -0.4 is 10.2 Å². The van der Waals surface area contributed by atoms with Crippen LogP contribution in [0.15, 0.2) is 24.3 Å². The van der Waals surface area contributed by atoms with Crippen LogP contribution in [0.25, 0.3) is 0 Å². The summed E-state index contributed by atoms with van der Waals surface area (Å²) in [5.74, 6) is -0.972. The molecule has 0 spiro atoms. The van der Waals surface area contributed by atoms with Gasteiger partial charge in [-0.2, -0.15) is 5.26 Å². The van der Waals surface area contributed by atoms with Crippen LogP contribution in [0.2, 0.25) is 0 Å². The zero-order chi connectivity index (χ0) is 14.3. The number of nitriles is 1. The van der Waals surface area contributed by atoms with Crippen molar-refractivity contribution in [1.29, 1.82) is 5.26 Å². The molecule has 0 aliphatic rings. The first-order valence-electron chi connectivity index (χ1n) is 6.32. The van der Waals surface area contributed by atoms with E-state index in [0.29, 0.717) is 0 Å². The number of anilines is 1. The highest BCUT2D eigenvalue weighted by molar-refractivity contribution is 5.69. The van der Waals surface area contributed by atoms with Gasteiger partial charge in [0.05, 0.1) is 12.6 Å². The van der Waals surface area contributed by atoms with Crippen molar-refractivity contribution in [2.24, 2.45) is 0 Å². The quantitative estimate of drug-likeness (QED) is 0.782. The smallest absolute Gasteiger partial charge is 0.317 e. The first-order chi connectivity index (χ1) is 9.12. The Labute approximate surface area is 113 Å². The molecule has 0 bridgehead atoms. The maximum Gasteiger partial charge on any atom is 0.317 e. The van der Waals surface area contributed by atoms with Gasteiger partial charge in [-0.15, -0.1) is 0 Å². The van der Waals surface area contributed by atoms with Crippen molar-refractivity contribution in [3.8, 4) is 6.07 Å². The minimum atomic E-state index is -0.972. The van der Waals surface area contributed by atoms with Crippen LogP contribution in [0.1, 0.15) is 25.5 Å². The number of carboxylic acids is 1. The van der Waals surface area contributed by atoms with Crippen molar-refractivity contribution in [2.45, 2.75) is 19.9 Å². The zero-order valence-electron chi connectivity index (χ0n) is 11.3. The van der Waals surface area contributed by atoms with Gasteiger partial charge in [-0.05, 0) is 31.5 Å². The third-order valence-corrected chi connectivity index (χ3v) is 2.94. The molecule has 102 valence electrons. The van der Waals surface area contributed by atoms with Gasteiger partial charge in [-0.1, -0.05) is 12.1 Å². The van der Waals surface area contributed by atoms with Gasteiger partial charge >= 0.3 is 5.97 Å². The first kappa shape index (κ1) is 15.0. The lowest BCUT2D eigenvalue weighted by Gasteiger charge is -2.21. The van der Waals surface area contributed by atoms with Gasteiger partial charge in [0.1, 0.15) is 6.04 Å². The summed E-state index contributed by atoms with van der Waals surface area (Å²) in [7, 11) is 0. The van der Waals surface area contributed by atoms with Crippen LogP contribution >= 0.6 is 0 Å². The minimum absolute atomic E-state index is 0.226. The van der Waals surface area contributed by atoms with Crippen LogP contribution in [-0.4, -0.2) is 30.7 Å². The number of carboxylic acid groups (broad SMARTS) is 1. The van der Waals surface area contributed by atoms with E-state index in [-0.39, 0.29) is 6.54 Å². The number of hydrogen-bond donors (Lipinski definition) is 2. The summed E-state index contributed by atoms with van der Waals surface area (Å²) in [5.41, 5.74) is 1.88. The second-order valence-electron chi connectivity index (χ2n) is 4.10. The SMILES string of the molecule is CCN(CC)c1ccc(C(C#N)NCC(=O)O)cc1. The number of nitrogens with zero attached hydrogens (tertiary/aromatic N) is 2. The topological polar surface area (TPSA) is 76.4 Å². The van der Waals surface area contributed by atoms with Crippen LogP contribution in [0.5, 0.6) is 0 Å². The molecule has 1 unspecified atom stereocenters. The standard InChI is InChI=1S/C14H19N3O2/c1-3-17(4-2)12-7-5-11(6-8-12)13(9-15)16-10-14(18)19/h5-8,13,16H,3-4,10H2,1-2H3,(H,18,19). The molecule has 0 aliphatic heterocycles. The summed E-state index contributed by atoms with van der Waals surface area (Å²) in [6, 6.07) is 9.09. The van der Waals surface area contributed by atoms with E-state index < -0.39 is 12.0 Å². The maximum atomic E-state index is 10.5. The van der Waals surface area contributed by atoms with Gasteiger partial charge in [0, 0.05) is 18.8 Å². The summed E-state index contributed by atoms with van der Waals surface area (Å²) >= 11 is 0. The van der Waals surface area contributed by atoms with Crippen LogP contribution in [0.4, 0.5) is 5.69 Å². The van der Waals surface area contributed by atoms with Gasteiger partial charge < -0.3 is 10.0 Å². The second-order valence-corrected chi connectivity index (χ2v) is 4.10. The van der Waals surface area contributed by atoms with Crippen LogP contribution in [-0.2, 0) is 4.79 Å². The zero-order valence-corrected chi connectivity index (χ0v) is 11.3. The third kappa shape index (κ3) is 4.27. The number of hydrogen-bond acceptors (Lipinski definition) is 4. The summed E-state index contributed by atoms with van der Waals surface area (Å²) in [6.45, 7) is 5.80. The fourth-order valence-corrected chi connectivity index (χ4v) is 1.89. The lowest BCUT2D eigenvalue weighted by atomic mass is 10.1. The van der Waals surface area contributed by atoms with E-state index >= 15 is 0 Å². The van der Waals surface area contributed by atoms with E-state index in [1.807, 2.05) is 24.3 Å². The normalized spacial score (nSPS) is 11.6. The Hall–Kier alpha value is -2.06. The molecule has 0 aliphatic carbocycles. The Morgan fingerprint density at radius 3 is 2.37 bits per heavy atom. The lowest BCUT2D eigenvalue weighted by molar-refractivity contribution is -0.136. The number of rotatable bonds is 7. The van der Waals surface area contributed by atoms with Gasteiger partial charge in [-0.25, -0.2) is 0 Å². The molecule has 0 aromatic heterocycles. The predicted molar refractivity (Wildman–Crippen MR) is 74.0 cm³/mol. The molecular formula is C14H19N3O2. The van der Waals surface area contributed by atoms with Gasteiger partial charge in [0.15, 0.2) is 0 Å². The number of aliphatic carboxylic acids is 1. The van der Waals surface area contributed by atoms with Crippen molar-refractivity contribution in [1.82, 2.24) is 5.32 Å². The Morgan fingerprint density at radius 1 is 1.37 bits per heavy atom. The third-order valence-electron chi connectivity index (χ3n) is 2.94. The average Bonchev–Trinajstić information content (AvgIpc) is 2.42. The molecule has 0 amide bonds. The fraction of sp³-hybridized carbons (Fsp3) is 0.429. The van der Waals surface area contributed by atoms with E-state index in [2.05, 4.69) is 30.1 Å². The van der Waals surface area contributed by atoms with Gasteiger partial charge in [-0.3, -0.25) is 10.1 Å². The van der Waals surface area contributed by atoms with Crippen molar-refractivity contribution in [2.75, 3.05) is 24.5 Å². The number of benzene rings is 1. The molecule has 2 N–H and O–H groups in total. The largest absolute Gasteiger partial charge is 0.480 e. The number of nitrogens with one attached hydrogen (secondary N) is 1. The van der Waals surface area contributed by atoms with Gasteiger partial charge in [0.25, 0.3) is 0 Å². The van der Waals surface area contributed by atoms with Gasteiger partial charge in [0.2, 0.25) is 0 Å². The van der Waals surface area contributed by atoms with Crippen molar-refractivity contribution < 1.29 is 9.90 Å². The molecule has 0 heterocycles. The molecule has 0 radical (unpaired) electrons. The Balaban J connectivity index is 2.79. The minimum Gasteiger partial charge on any atom is -0.480 e.